The van der Waals surface area contributed by atoms with Crippen LogP contribution in [0.5, 0.6) is 11.5 Å². The number of piperazine rings is 1. The molecule has 0 aliphatic carbocycles. The summed E-state index contributed by atoms with van der Waals surface area (Å²) in [6, 6.07) is 69.2. The highest BCUT2D eigenvalue weighted by atomic mass is 19.4. The quantitative estimate of drug-likeness (QED) is 0.0437. The maximum atomic E-state index is 13.4. The van der Waals surface area contributed by atoms with Gasteiger partial charge >= 0.3 is 6.18 Å². The van der Waals surface area contributed by atoms with Crippen LogP contribution in [0.4, 0.5) is 30.2 Å². The maximum absolute atomic E-state index is 13.4. The van der Waals surface area contributed by atoms with Crippen LogP contribution in [0.25, 0.3) is 0 Å². The zero-order valence-corrected chi connectivity index (χ0v) is 96.3. The molecule has 16 rings (SSSR count). The number of ether oxygens (including phenoxy) is 2. The lowest BCUT2D eigenvalue weighted by molar-refractivity contribution is -0.137. The van der Waals surface area contributed by atoms with E-state index >= 15 is 0 Å². The second-order valence-corrected chi connectivity index (χ2v) is 53.7. The fraction of sp³-hybridized carbons (Fsp3) is 0.628. The molecule has 0 radical (unpaired) electrons. The molecule has 13 nitrogen and oxygen atoms in total. The first kappa shape index (κ1) is 121. The zero-order chi connectivity index (χ0) is 106. The van der Waals surface area contributed by atoms with Crippen LogP contribution in [-0.2, 0) is 57.5 Å². The molecule has 8 fully saturated rings. The fourth-order valence-corrected chi connectivity index (χ4v) is 20.9. The standard InChI is InChI=1S/C17H28N2.C17H27N.C16H23F3N2.C16H26N2.C16H25NO.2C16H25N.C15H23NO/c1-17(2,3)13-14-5-7-15(8-6-14)18-16-9-11-19(4)12-10-16;1-17(2,3)13-14-5-7-15(8-6-14)16-9-11-18(4)12-10-16;1-15(2,3)11-12-4-5-14(13(10-12)16(17,18)19)21-8-6-20-7-9-21;1-16(2,3)11-13-5-7-14(8-6-13)17-15-9-10-18(4)12-15;1-16(2,3)11-13-5-7-14(8-6-13)18-15-9-10-17(4)12-15;1-16(2,3)12-13-4-6-14(7-5-13)15-8-10-17-11-9-15;1-16(2,3)11-13-6-8-14(9-7-13)15-5-4-10-17-12-15;1-15(2,3)10-12-4-6-13(7-5-12)17-14-8-9-16-11-14/h5-8,16,18H,9-13H2,1-4H3;5-8,16H,9-13H2,1-4H3;4-5,10,20H,6-9,11H2,1-3H3;5-8,15,17H,9-12H2,1-4H3;5-8,15H,9-12H2,1-4H3;4-7,15,17H,8-12H2,1-3H3;6-9,15,17H,4-5,10-12H2,1-3H3;4-7,14,16H,8-11H2,1-3H3. The lowest BCUT2D eigenvalue weighted by Gasteiger charge is -2.32. The summed E-state index contributed by atoms with van der Waals surface area (Å²) in [7, 11) is 8.77. The van der Waals surface area contributed by atoms with Crippen LogP contribution in [-0.4, -0.2) is 190 Å². The Labute approximate surface area is 882 Å². The Kier molecular flexibility index (Phi) is 47.4. The number of likely N-dealkylation sites (tertiary alicyclic amines) is 4. The highest BCUT2D eigenvalue weighted by Crippen LogP contribution is 2.40. The van der Waals surface area contributed by atoms with Gasteiger partial charge in [-0.05, 0) is 392 Å². The maximum Gasteiger partial charge on any atom is 0.418 e. The van der Waals surface area contributed by atoms with Gasteiger partial charge in [0.25, 0.3) is 0 Å². The van der Waals surface area contributed by atoms with Gasteiger partial charge in [0.2, 0.25) is 0 Å². The van der Waals surface area contributed by atoms with E-state index in [1.165, 1.54) is 190 Å². The highest BCUT2D eigenvalue weighted by molar-refractivity contribution is 5.57. The van der Waals surface area contributed by atoms with Crippen molar-refractivity contribution in [3.8, 4) is 11.5 Å². The molecule has 8 aliphatic heterocycles. The van der Waals surface area contributed by atoms with Gasteiger partial charge < -0.3 is 65.9 Å². The number of hydrogen-bond acceptors (Lipinski definition) is 13. The summed E-state index contributed by atoms with van der Waals surface area (Å²) in [5.41, 5.74) is 20.2. The van der Waals surface area contributed by atoms with Crippen molar-refractivity contribution in [2.24, 2.45) is 43.3 Å². The molecule has 8 aromatic carbocycles. The predicted octanol–water partition coefficient (Wildman–Crippen LogP) is 28.8. The molecule has 6 N–H and O–H groups in total. The van der Waals surface area contributed by atoms with Crippen LogP contribution in [0.1, 0.15) is 321 Å². The predicted molar refractivity (Wildman–Crippen MR) is 618 cm³/mol. The Bertz CT molecular complexity index is 4730. The van der Waals surface area contributed by atoms with Gasteiger partial charge in [-0.15, -0.1) is 0 Å². The number of nitrogens with one attached hydrogen (secondary N) is 6. The summed E-state index contributed by atoms with van der Waals surface area (Å²) in [5.74, 6) is 4.29. The molecule has 145 heavy (non-hydrogen) atoms. The van der Waals surface area contributed by atoms with Crippen molar-refractivity contribution in [2.45, 2.75) is 336 Å². The third kappa shape index (κ3) is 49.7. The summed E-state index contributed by atoms with van der Waals surface area (Å²) in [4.78, 5) is 11.4. The van der Waals surface area contributed by atoms with E-state index in [1.807, 2.05) is 31.7 Å². The molecule has 4 atom stereocenters. The number of nitrogens with zero attached hydrogens (tertiary/aromatic N) is 5. The summed E-state index contributed by atoms with van der Waals surface area (Å²) >= 11 is 0. The topological polar surface area (TPSA) is 107 Å². The Morgan fingerprint density at radius 3 is 0.938 bits per heavy atom. The van der Waals surface area contributed by atoms with Gasteiger partial charge in [-0.25, -0.2) is 0 Å². The molecule has 16 heteroatoms. The monoisotopic (exact) mass is 1990 g/mol. The van der Waals surface area contributed by atoms with Crippen LogP contribution in [0.15, 0.2) is 188 Å². The van der Waals surface area contributed by atoms with Crippen LogP contribution < -0.4 is 46.3 Å². The fourth-order valence-electron chi connectivity index (χ4n) is 20.9. The molecule has 4 unspecified atom stereocenters. The Morgan fingerprint density at radius 2 is 0.586 bits per heavy atom. The van der Waals surface area contributed by atoms with Crippen molar-refractivity contribution in [1.82, 2.24) is 40.9 Å². The molecule has 8 heterocycles. The van der Waals surface area contributed by atoms with Crippen LogP contribution in [0, 0.1) is 43.3 Å². The lowest BCUT2D eigenvalue weighted by atomic mass is 9.85. The number of halogens is 3. The molecule has 8 aliphatic rings. The first-order valence-electron chi connectivity index (χ1n) is 56.0. The van der Waals surface area contributed by atoms with Crippen molar-refractivity contribution < 1.29 is 22.6 Å². The van der Waals surface area contributed by atoms with Crippen molar-refractivity contribution in [3.63, 3.8) is 0 Å². The number of rotatable bonds is 20. The summed E-state index contributed by atoms with van der Waals surface area (Å²) in [5, 5.41) is 20.7. The van der Waals surface area contributed by atoms with Crippen molar-refractivity contribution in [2.75, 3.05) is 162 Å². The number of benzene rings is 8. The van der Waals surface area contributed by atoms with E-state index in [4.69, 9.17) is 9.47 Å². The Morgan fingerprint density at radius 1 is 0.276 bits per heavy atom. The minimum Gasteiger partial charge on any atom is -0.489 e. The van der Waals surface area contributed by atoms with E-state index in [1.54, 1.807) is 11.6 Å². The summed E-state index contributed by atoms with van der Waals surface area (Å²) < 4.78 is 52.0. The molecular formula is C129H202F3N11O2. The molecular weight excluding hydrogens is 1790 g/mol. The van der Waals surface area contributed by atoms with Crippen LogP contribution in [0.3, 0.4) is 0 Å². The van der Waals surface area contributed by atoms with E-state index < -0.39 is 11.7 Å². The van der Waals surface area contributed by atoms with Crippen LogP contribution >= 0.6 is 0 Å². The molecule has 0 spiro atoms. The van der Waals surface area contributed by atoms with Crippen LogP contribution in [0.2, 0.25) is 0 Å². The second kappa shape index (κ2) is 56.9. The van der Waals surface area contributed by atoms with Crippen molar-refractivity contribution >= 4 is 17.1 Å². The molecule has 806 valence electrons. The van der Waals surface area contributed by atoms with Gasteiger partial charge in [0.05, 0.1) is 5.56 Å². The van der Waals surface area contributed by atoms with Gasteiger partial charge in [-0.2, -0.15) is 13.2 Å². The molecule has 0 amide bonds. The van der Waals surface area contributed by atoms with Gasteiger partial charge in [0.1, 0.15) is 23.7 Å². The van der Waals surface area contributed by atoms with Gasteiger partial charge in [0, 0.05) is 88.0 Å². The first-order valence-corrected chi connectivity index (χ1v) is 56.0. The van der Waals surface area contributed by atoms with E-state index in [-0.39, 0.29) is 5.41 Å². The number of alkyl halides is 3. The normalized spacial score (nSPS) is 19.6. The average Bonchev–Trinajstić information content (AvgIpc) is 0.964. The minimum absolute atomic E-state index is 0.0283. The zero-order valence-electron chi connectivity index (χ0n) is 96.3. The number of likely N-dealkylation sites (N-methyl/N-ethyl adjacent to an activating group) is 2. The molecule has 8 saturated heterocycles. The third-order valence-corrected chi connectivity index (χ3v) is 28.0. The van der Waals surface area contributed by atoms with Crippen molar-refractivity contribution in [3.05, 3.63) is 255 Å². The number of piperidine rings is 4. The van der Waals surface area contributed by atoms with E-state index in [0.717, 1.165) is 132 Å². The summed E-state index contributed by atoms with van der Waals surface area (Å²) in [6.45, 7) is 73.0. The molecule has 0 bridgehead atoms. The van der Waals surface area contributed by atoms with Gasteiger partial charge in [-0.3, -0.25) is 0 Å². The highest BCUT2D eigenvalue weighted by Gasteiger charge is 2.37. The smallest absolute Gasteiger partial charge is 0.418 e. The lowest BCUT2D eigenvalue weighted by Crippen LogP contribution is -2.44. The Hall–Kier alpha value is -7.77. The van der Waals surface area contributed by atoms with E-state index in [2.05, 4.69) is 395 Å². The SMILES string of the molecule is CC(C)(C)Cc1ccc(C2CCCNC2)cc1.CC(C)(C)Cc1ccc(C2CCNCC2)cc1.CC(C)(C)Cc1ccc(N2CCNCC2)c(C(F)(F)F)c1.CC(C)(C)Cc1ccc(OC2CCNC2)cc1.CN1CCC(Nc2ccc(CC(C)(C)C)cc2)C1.CN1CCC(Nc2ccc(CC(C)(C)C)cc2)CC1.CN1CCC(Oc2ccc(CC(C)(C)C)cc2)C1.CN1CCC(c2ccc(CC(C)(C)C)cc2)CC1. The summed E-state index contributed by atoms with van der Waals surface area (Å²) in [6.07, 6.45) is 18.9. The number of anilines is 3. The van der Waals surface area contributed by atoms with Gasteiger partial charge in [0.15, 0.2) is 0 Å². The molecule has 8 aromatic rings. The number of hydrogen-bond donors (Lipinski definition) is 6. The van der Waals surface area contributed by atoms with Crippen molar-refractivity contribution in [1.29, 1.82) is 0 Å². The first-order chi connectivity index (χ1) is 68.0. The second-order valence-electron chi connectivity index (χ2n) is 53.7. The average molecular weight is 2000 g/mol. The van der Waals surface area contributed by atoms with Gasteiger partial charge in [-0.1, -0.05) is 294 Å². The minimum atomic E-state index is -4.31. The molecule has 0 aromatic heterocycles. The third-order valence-electron chi connectivity index (χ3n) is 28.0. The Balaban J connectivity index is 0.000000185. The molecule has 0 saturated carbocycles. The largest absolute Gasteiger partial charge is 0.489 e. The van der Waals surface area contributed by atoms with E-state index in [0.29, 0.717) is 87.4 Å². The van der Waals surface area contributed by atoms with E-state index in [9.17, 15) is 13.2 Å².